The van der Waals surface area contributed by atoms with Gasteiger partial charge in [-0.05, 0) is 48.6 Å². The fourth-order valence-corrected chi connectivity index (χ4v) is 3.71. The van der Waals surface area contributed by atoms with Gasteiger partial charge in [0, 0.05) is 12.1 Å². The number of β-amino-alcohol motifs (C(OH)–C–C–N with tert-alkyl or cyclic N) is 1. The summed E-state index contributed by atoms with van der Waals surface area (Å²) in [7, 11) is 0. The molecule has 1 aliphatic heterocycles. The zero-order valence-corrected chi connectivity index (χ0v) is 12.7. The minimum absolute atomic E-state index is 0.110. The van der Waals surface area contributed by atoms with E-state index in [1.54, 1.807) is 0 Å². The number of aryl methyl sites for hydroxylation is 1. The van der Waals surface area contributed by atoms with Crippen LogP contribution in [0.15, 0.2) is 29.6 Å². The second-order valence-electron chi connectivity index (χ2n) is 5.46. The van der Waals surface area contributed by atoms with Crippen LogP contribution in [0.25, 0.3) is 0 Å². The third kappa shape index (κ3) is 2.64. The van der Waals surface area contributed by atoms with Gasteiger partial charge in [-0.25, -0.2) is 8.78 Å². The molecule has 1 amide bonds. The molecule has 6 heteroatoms. The lowest BCUT2D eigenvalue weighted by Gasteiger charge is -2.25. The van der Waals surface area contributed by atoms with Gasteiger partial charge in [-0.3, -0.25) is 4.79 Å². The van der Waals surface area contributed by atoms with E-state index in [2.05, 4.69) is 0 Å². The Kier molecular flexibility index (Phi) is 3.97. The van der Waals surface area contributed by atoms with Crippen LogP contribution < -0.4 is 0 Å². The normalized spacial score (nSPS) is 21.4. The van der Waals surface area contributed by atoms with Gasteiger partial charge in [0.05, 0.1) is 17.0 Å². The highest BCUT2D eigenvalue weighted by atomic mass is 32.1. The highest BCUT2D eigenvalue weighted by Gasteiger charge is 2.37. The molecule has 1 fully saturated rings. The lowest BCUT2D eigenvalue weighted by molar-refractivity contribution is 0.0718. The number of hydrogen-bond donors (Lipinski definition) is 1. The zero-order chi connectivity index (χ0) is 15.9. The Bertz CT molecular complexity index is 716. The van der Waals surface area contributed by atoms with Crippen LogP contribution in [-0.4, -0.2) is 28.6 Å². The Balaban J connectivity index is 1.98. The number of carbonyl (C=O) groups is 1. The van der Waals surface area contributed by atoms with Gasteiger partial charge in [0.25, 0.3) is 5.91 Å². The topological polar surface area (TPSA) is 40.5 Å². The fourth-order valence-electron chi connectivity index (χ4n) is 2.83. The highest BCUT2D eigenvalue weighted by molar-refractivity contribution is 7.12. The van der Waals surface area contributed by atoms with Crippen LogP contribution in [0.5, 0.6) is 0 Å². The number of nitrogens with zero attached hydrogens (tertiary/aromatic N) is 1. The molecular formula is C16H15F2NO2S. The molecule has 0 bridgehead atoms. The van der Waals surface area contributed by atoms with Crippen molar-refractivity contribution in [2.45, 2.75) is 25.5 Å². The van der Waals surface area contributed by atoms with Crippen LogP contribution in [0.3, 0.4) is 0 Å². The van der Waals surface area contributed by atoms with Gasteiger partial charge < -0.3 is 10.0 Å². The molecule has 1 aromatic heterocycles. The second kappa shape index (κ2) is 5.78. The number of aliphatic hydroxyl groups is 1. The predicted octanol–water partition coefficient (Wildman–Crippen LogP) is 3.28. The summed E-state index contributed by atoms with van der Waals surface area (Å²) in [4.78, 5) is 14.7. The predicted molar refractivity (Wildman–Crippen MR) is 79.8 cm³/mol. The maximum Gasteiger partial charge on any atom is 0.264 e. The van der Waals surface area contributed by atoms with Crippen LogP contribution in [0, 0.1) is 18.6 Å². The lowest BCUT2D eigenvalue weighted by Crippen LogP contribution is -2.32. The Morgan fingerprint density at radius 1 is 1.36 bits per heavy atom. The number of amides is 1. The molecule has 2 atom stereocenters. The zero-order valence-electron chi connectivity index (χ0n) is 11.9. The Hall–Kier alpha value is -1.79. The molecule has 3 rings (SSSR count). The summed E-state index contributed by atoms with van der Waals surface area (Å²) in [6, 6.07) is 4.37. The van der Waals surface area contributed by atoms with Crippen LogP contribution in [-0.2, 0) is 0 Å². The van der Waals surface area contributed by atoms with E-state index in [4.69, 9.17) is 0 Å². The molecule has 0 spiro atoms. The van der Waals surface area contributed by atoms with E-state index in [1.807, 2.05) is 18.4 Å². The number of aliphatic hydroxyl groups excluding tert-OH is 1. The number of carbonyl (C=O) groups excluding carboxylic acids is 1. The molecule has 1 aliphatic rings. The summed E-state index contributed by atoms with van der Waals surface area (Å²) in [5, 5.41) is 11.7. The van der Waals surface area contributed by atoms with Crippen LogP contribution in [0.1, 0.15) is 33.3 Å². The average Bonchev–Trinajstić information content (AvgIpc) is 3.07. The van der Waals surface area contributed by atoms with Gasteiger partial charge in [0.2, 0.25) is 0 Å². The van der Waals surface area contributed by atoms with Crippen LogP contribution >= 0.6 is 11.3 Å². The number of hydrogen-bond acceptors (Lipinski definition) is 3. The molecule has 0 aliphatic carbocycles. The van der Waals surface area contributed by atoms with Crippen molar-refractivity contribution in [1.82, 2.24) is 4.90 Å². The first-order valence-electron chi connectivity index (χ1n) is 6.95. The maximum atomic E-state index is 14.0. The average molecular weight is 323 g/mol. The summed E-state index contributed by atoms with van der Waals surface area (Å²) in [5.74, 6) is -1.38. The highest BCUT2D eigenvalue weighted by Crippen LogP contribution is 2.36. The van der Waals surface area contributed by atoms with E-state index in [-0.39, 0.29) is 24.4 Å². The molecule has 2 unspecified atom stereocenters. The van der Waals surface area contributed by atoms with Crippen molar-refractivity contribution < 1.29 is 18.7 Å². The number of rotatable bonds is 2. The van der Waals surface area contributed by atoms with Gasteiger partial charge in [-0.1, -0.05) is 0 Å². The maximum absolute atomic E-state index is 14.0. The molecule has 0 radical (unpaired) electrons. The van der Waals surface area contributed by atoms with Crippen LogP contribution in [0.2, 0.25) is 0 Å². The number of thiophene rings is 1. The minimum atomic E-state index is -0.739. The van der Waals surface area contributed by atoms with Gasteiger partial charge >= 0.3 is 0 Å². The fraction of sp³-hybridized carbons (Fsp3) is 0.312. The SMILES string of the molecule is Cc1ccsc1C(=O)N1CC(O)CC1c1cc(F)ccc1F. The molecular weight excluding hydrogens is 308 g/mol. The molecule has 3 nitrogen and oxygen atoms in total. The second-order valence-corrected chi connectivity index (χ2v) is 6.38. The standard InChI is InChI=1S/C16H15F2NO2S/c1-9-4-5-22-15(9)16(21)19-8-11(20)7-14(19)12-6-10(17)2-3-13(12)18/h2-6,11,14,20H,7-8H2,1H3. The van der Waals surface area contributed by atoms with Gasteiger partial charge in [-0.15, -0.1) is 11.3 Å². The van der Waals surface area contributed by atoms with E-state index in [9.17, 15) is 18.7 Å². The molecule has 0 saturated carbocycles. The number of halogens is 2. The quantitative estimate of drug-likeness (QED) is 0.921. The van der Waals surface area contributed by atoms with Crippen molar-refractivity contribution >= 4 is 17.2 Å². The molecule has 1 saturated heterocycles. The van der Waals surface area contributed by atoms with E-state index >= 15 is 0 Å². The monoisotopic (exact) mass is 323 g/mol. The summed E-state index contributed by atoms with van der Waals surface area (Å²) in [6.45, 7) is 1.95. The van der Waals surface area contributed by atoms with Gasteiger partial charge in [0.15, 0.2) is 0 Å². The van der Waals surface area contributed by atoms with Gasteiger partial charge in [0.1, 0.15) is 11.6 Å². The van der Waals surface area contributed by atoms with Crippen molar-refractivity contribution in [1.29, 1.82) is 0 Å². The molecule has 22 heavy (non-hydrogen) atoms. The van der Waals surface area contributed by atoms with Crippen LogP contribution in [0.4, 0.5) is 8.78 Å². The van der Waals surface area contributed by atoms with Crippen molar-refractivity contribution in [3.05, 3.63) is 57.3 Å². The van der Waals surface area contributed by atoms with Crippen molar-refractivity contribution in [3.8, 4) is 0 Å². The molecule has 116 valence electrons. The van der Waals surface area contributed by atoms with E-state index in [0.717, 1.165) is 23.8 Å². The summed E-state index contributed by atoms with van der Waals surface area (Å²) in [6.07, 6.45) is -0.534. The Labute approximate surface area is 130 Å². The van der Waals surface area contributed by atoms with Crippen molar-refractivity contribution in [2.75, 3.05) is 6.54 Å². The largest absolute Gasteiger partial charge is 0.391 e. The van der Waals surface area contributed by atoms with Crippen molar-refractivity contribution in [2.24, 2.45) is 0 Å². The summed E-state index contributed by atoms with van der Waals surface area (Å²) >= 11 is 1.31. The summed E-state index contributed by atoms with van der Waals surface area (Å²) < 4.78 is 27.5. The first-order chi connectivity index (χ1) is 10.5. The smallest absolute Gasteiger partial charge is 0.264 e. The molecule has 1 aromatic carbocycles. The Morgan fingerprint density at radius 2 is 2.14 bits per heavy atom. The third-order valence-corrected chi connectivity index (χ3v) is 4.92. The van der Waals surface area contributed by atoms with E-state index in [1.165, 1.54) is 16.2 Å². The first-order valence-corrected chi connectivity index (χ1v) is 7.83. The molecule has 2 heterocycles. The number of likely N-dealkylation sites (tertiary alicyclic amines) is 1. The molecule has 1 N–H and O–H groups in total. The Morgan fingerprint density at radius 3 is 2.82 bits per heavy atom. The first kappa shape index (κ1) is 15.1. The third-order valence-electron chi connectivity index (χ3n) is 3.91. The number of benzene rings is 1. The lowest BCUT2D eigenvalue weighted by atomic mass is 10.0. The minimum Gasteiger partial charge on any atom is -0.391 e. The van der Waals surface area contributed by atoms with E-state index in [0.29, 0.717) is 4.88 Å². The van der Waals surface area contributed by atoms with Crippen molar-refractivity contribution in [3.63, 3.8) is 0 Å². The molecule has 2 aromatic rings. The van der Waals surface area contributed by atoms with Gasteiger partial charge in [-0.2, -0.15) is 0 Å². The van der Waals surface area contributed by atoms with E-state index < -0.39 is 23.8 Å². The summed E-state index contributed by atoms with van der Waals surface area (Å²) in [5.41, 5.74) is 0.953.